The van der Waals surface area contributed by atoms with E-state index < -0.39 is 0 Å². The Labute approximate surface area is 226 Å². The lowest BCUT2D eigenvalue weighted by molar-refractivity contribution is 0.0988. The molecule has 2 aromatic carbocycles. The molecule has 0 amide bonds. The van der Waals surface area contributed by atoms with E-state index in [-0.39, 0.29) is 24.4 Å². The summed E-state index contributed by atoms with van der Waals surface area (Å²) in [4.78, 5) is 21.5. The van der Waals surface area contributed by atoms with E-state index in [9.17, 15) is 4.79 Å². The number of nitrogens with zero attached hydrogens (tertiary/aromatic N) is 6. The Morgan fingerprint density at radius 3 is 2.67 bits per heavy atom. The van der Waals surface area contributed by atoms with Crippen molar-refractivity contribution in [1.29, 1.82) is 0 Å². The first kappa shape index (κ1) is 24.3. The molecule has 10 nitrogen and oxygen atoms in total. The molecule has 1 aliphatic carbocycles. The van der Waals surface area contributed by atoms with Gasteiger partial charge in [-0.05, 0) is 71.5 Å². The molecule has 2 fully saturated rings. The van der Waals surface area contributed by atoms with E-state index in [1.165, 1.54) is 18.4 Å². The van der Waals surface area contributed by atoms with Crippen molar-refractivity contribution < 1.29 is 9.47 Å². The Balaban J connectivity index is 1.19. The van der Waals surface area contributed by atoms with Gasteiger partial charge in [0.1, 0.15) is 6.04 Å². The molecule has 0 radical (unpaired) electrons. The number of hydrogen-bond donors (Lipinski definition) is 1. The highest BCUT2D eigenvalue weighted by Gasteiger charge is 2.34. The number of piperazine rings is 1. The predicted molar refractivity (Wildman–Crippen MR) is 146 cm³/mol. The van der Waals surface area contributed by atoms with Crippen LogP contribution in [0.1, 0.15) is 60.3 Å². The number of nitrogens with one attached hydrogen (secondary N) is 1. The second kappa shape index (κ2) is 10.1. The second-order valence-electron chi connectivity index (χ2n) is 11.0. The average molecular weight is 528 g/mol. The number of pyridine rings is 1. The summed E-state index contributed by atoms with van der Waals surface area (Å²) in [5, 5.41) is 14.1. The van der Waals surface area contributed by atoms with Gasteiger partial charge in [-0.3, -0.25) is 14.6 Å². The van der Waals surface area contributed by atoms with Crippen molar-refractivity contribution >= 4 is 10.9 Å². The molecule has 0 spiro atoms. The molecule has 1 atom stereocenters. The Morgan fingerprint density at radius 1 is 1.00 bits per heavy atom. The number of aromatic amines is 1. The number of benzene rings is 2. The van der Waals surface area contributed by atoms with Crippen molar-refractivity contribution in [1.82, 2.24) is 35.0 Å². The smallest absolute Gasteiger partial charge is 0.253 e. The van der Waals surface area contributed by atoms with Crippen LogP contribution in [0.2, 0.25) is 0 Å². The molecule has 1 N–H and O–H groups in total. The van der Waals surface area contributed by atoms with E-state index in [0.29, 0.717) is 5.56 Å². The first-order valence-electron chi connectivity index (χ1n) is 13.9. The van der Waals surface area contributed by atoms with Gasteiger partial charge in [-0.2, -0.15) is 0 Å². The van der Waals surface area contributed by atoms with Crippen LogP contribution in [0, 0.1) is 6.92 Å². The first-order chi connectivity index (χ1) is 19.1. The Bertz CT molecular complexity index is 1550. The van der Waals surface area contributed by atoms with Crippen molar-refractivity contribution in [2.75, 3.05) is 33.0 Å². The third-order valence-electron chi connectivity index (χ3n) is 8.37. The molecule has 39 heavy (non-hydrogen) atoms. The van der Waals surface area contributed by atoms with E-state index in [2.05, 4.69) is 55.4 Å². The highest BCUT2D eigenvalue weighted by molar-refractivity contribution is 5.79. The lowest BCUT2D eigenvalue weighted by Gasteiger charge is -2.39. The molecule has 4 heterocycles. The van der Waals surface area contributed by atoms with Crippen LogP contribution in [-0.2, 0) is 6.54 Å². The van der Waals surface area contributed by atoms with Gasteiger partial charge in [0.05, 0.1) is 6.04 Å². The number of rotatable bonds is 6. The van der Waals surface area contributed by atoms with Gasteiger partial charge in [0, 0.05) is 43.8 Å². The van der Waals surface area contributed by atoms with Crippen LogP contribution >= 0.6 is 0 Å². The largest absolute Gasteiger partial charge is 0.454 e. The summed E-state index contributed by atoms with van der Waals surface area (Å²) in [6.45, 7) is 6.55. The number of hydrogen-bond acceptors (Lipinski definition) is 8. The molecule has 0 bridgehead atoms. The minimum Gasteiger partial charge on any atom is -0.454 e. The quantitative estimate of drug-likeness (QED) is 0.406. The topological polar surface area (TPSA) is 101 Å². The fourth-order valence-corrected chi connectivity index (χ4v) is 6.31. The van der Waals surface area contributed by atoms with E-state index in [0.717, 1.165) is 79.4 Å². The maximum atomic E-state index is 13.5. The van der Waals surface area contributed by atoms with Crippen molar-refractivity contribution in [3.63, 3.8) is 0 Å². The number of aromatic nitrogens is 5. The molecule has 0 unspecified atom stereocenters. The van der Waals surface area contributed by atoms with Gasteiger partial charge >= 0.3 is 0 Å². The van der Waals surface area contributed by atoms with Crippen LogP contribution in [0.25, 0.3) is 10.9 Å². The highest BCUT2D eigenvalue weighted by Crippen LogP contribution is 2.35. The summed E-state index contributed by atoms with van der Waals surface area (Å²) >= 11 is 0. The van der Waals surface area contributed by atoms with E-state index in [4.69, 9.17) is 9.47 Å². The number of ether oxygens (including phenoxy) is 2. The minimum absolute atomic E-state index is 0.0832. The molecule has 2 aliphatic heterocycles. The van der Waals surface area contributed by atoms with Crippen LogP contribution in [-0.4, -0.2) is 68.0 Å². The summed E-state index contributed by atoms with van der Waals surface area (Å²) < 4.78 is 13.0. The maximum absolute atomic E-state index is 13.5. The molecule has 7 rings (SSSR count). The Kier molecular flexibility index (Phi) is 6.28. The fraction of sp³-hybridized carbons (Fsp3) is 0.448. The number of aryl methyl sites for hydroxylation is 1. The van der Waals surface area contributed by atoms with Gasteiger partial charge in [0.25, 0.3) is 5.56 Å². The zero-order valence-corrected chi connectivity index (χ0v) is 22.2. The zero-order chi connectivity index (χ0) is 26.3. The standard InChI is InChI=1S/C29H33N7O3/c1-19-6-8-24-21(14-19)16-23(29(37)30-24)27(28-31-32-33-36(28)22-4-2-3-5-22)35-12-10-34(11-13-35)17-20-7-9-25-26(15-20)39-18-38-25/h6-9,14-16,22,27H,2-5,10-13,17-18H2,1H3,(H,30,37)/t27-/m1/s1. The molecule has 2 aromatic heterocycles. The minimum atomic E-state index is -0.318. The van der Waals surface area contributed by atoms with E-state index >= 15 is 0 Å². The summed E-state index contributed by atoms with van der Waals surface area (Å²) in [7, 11) is 0. The first-order valence-corrected chi connectivity index (χ1v) is 13.9. The molecule has 4 aromatic rings. The molecule has 10 heteroatoms. The van der Waals surface area contributed by atoms with Crippen LogP contribution in [0.3, 0.4) is 0 Å². The van der Waals surface area contributed by atoms with Crippen LogP contribution in [0.5, 0.6) is 11.5 Å². The predicted octanol–water partition coefficient (Wildman–Crippen LogP) is 3.57. The molecule has 202 valence electrons. The van der Waals surface area contributed by atoms with Gasteiger partial charge in [-0.25, -0.2) is 4.68 Å². The molecular formula is C29H33N7O3. The monoisotopic (exact) mass is 527 g/mol. The number of fused-ring (bicyclic) bond motifs is 2. The normalized spacial score (nSPS) is 19.2. The van der Waals surface area contributed by atoms with Crippen molar-refractivity contribution in [2.24, 2.45) is 0 Å². The fourth-order valence-electron chi connectivity index (χ4n) is 6.31. The number of H-pyrrole nitrogens is 1. The third kappa shape index (κ3) is 4.68. The van der Waals surface area contributed by atoms with Gasteiger partial charge in [0.2, 0.25) is 6.79 Å². The Morgan fingerprint density at radius 2 is 1.82 bits per heavy atom. The van der Waals surface area contributed by atoms with Gasteiger partial charge in [0.15, 0.2) is 17.3 Å². The lowest BCUT2D eigenvalue weighted by atomic mass is 10.0. The SMILES string of the molecule is Cc1ccc2[nH]c(=O)c([C@H](c3nnnn3C3CCCC3)N3CCN(Cc4ccc5c(c4)OCO5)CC3)cc2c1. The molecule has 1 saturated heterocycles. The average Bonchev–Trinajstić information content (AvgIpc) is 3.72. The van der Waals surface area contributed by atoms with Crippen LogP contribution < -0.4 is 15.0 Å². The molecule has 1 saturated carbocycles. The van der Waals surface area contributed by atoms with Crippen LogP contribution in [0.15, 0.2) is 47.3 Å². The summed E-state index contributed by atoms with van der Waals surface area (Å²) in [5.74, 6) is 2.39. The summed E-state index contributed by atoms with van der Waals surface area (Å²) in [6, 6.07) is 14.3. The van der Waals surface area contributed by atoms with Gasteiger partial charge in [-0.1, -0.05) is 30.5 Å². The Hall–Kier alpha value is -3.76. The zero-order valence-electron chi connectivity index (χ0n) is 22.2. The van der Waals surface area contributed by atoms with Gasteiger partial charge < -0.3 is 14.5 Å². The van der Waals surface area contributed by atoms with E-state index in [1.807, 2.05) is 28.9 Å². The van der Waals surface area contributed by atoms with Gasteiger partial charge in [-0.15, -0.1) is 5.10 Å². The molecular weight excluding hydrogens is 494 g/mol. The van der Waals surface area contributed by atoms with E-state index in [1.54, 1.807) is 0 Å². The summed E-state index contributed by atoms with van der Waals surface area (Å²) in [6.07, 6.45) is 4.51. The second-order valence-corrected chi connectivity index (χ2v) is 11.0. The third-order valence-corrected chi connectivity index (χ3v) is 8.37. The highest BCUT2D eigenvalue weighted by atomic mass is 16.7. The van der Waals surface area contributed by atoms with Crippen molar-refractivity contribution in [2.45, 2.75) is 51.2 Å². The van der Waals surface area contributed by atoms with Crippen molar-refractivity contribution in [3.8, 4) is 11.5 Å². The maximum Gasteiger partial charge on any atom is 0.253 e. The summed E-state index contributed by atoms with van der Waals surface area (Å²) in [5.41, 5.74) is 3.82. The van der Waals surface area contributed by atoms with Crippen LogP contribution in [0.4, 0.5) is 0 Å². The number of tetrazole rings is 1. The van der Waals surface area contributed by atoms with Crippen molar-refractivity contribution in [3.05, 3.63) is 75.3 Å². The lowest BCUT2D eigenvalue weighted by Crippen LogP contribution is -2.48. The molecule has 3 aliphatic rings.